The number of aryl methyl sites for hydroxylation is 1. The molecule has 7 heteroatoms. The number of aromatic amines is 1. The summed E-state index contributed by atoms with van der Waals surface area (Å²) in [5, 5.41) is 14.6. The first-order valence-electron chi connectivity index (χ1n) is 7.15. The largest absolute Gasteiger partial charge is 0.480 e. The van der Waals surface area contributed by atoms with E-state index in [4.69, 9.17) is 5.11 Å². The molecule has 0 radical (unpaired) electrons. The molecule has 3 N–H and O–H groups in total. The number of nitrogens with one attached hydrogen (secondary N) is 2. The Morgan fingerprint density at radius 2 is 2.27 bits per heavy atom. The highest BCUT2D eigenvalue weighted by atomic mass is 32.1. The lowest BCUT2D eigenvalue weighted by Crippen LogP contribution is -2.40. The Hall–Kier alpha value is -2.15. The van der Waals surface area contributed by atoms with E-state index in [9.17, 15) is 9.59 Å². The second kappa shape index (κ2) is 7.22. The minimum atomic E-state index is -1.01. The molecule has 0 aliphatic heterocycles. The normalized spacial score (nSPS) is 12.1. The second-order valence-corrected chi connectivity index (χ2v) is 6.12. The van der Waals surface area contributed by atoms with Crippen molar-refractivity contribution in [1.82, 2.24) is 15.3 Å². The van der Waals surface area contributed by atoms with Crippen LogP contribution in [0, 0.1) is 6.92 Å². The van der Waals surface area contributed by atoms with E-state index in [0.29, 0.717) is 12.1 Å². The molecule has 0 bridgehead atoms. The minimum absolute atomic E-state index is 0.336. The molecule has 0 saturated carbocycles. The number of amides is 1. The van der Waals surface area contributed by atoms with Gasteiger partial charge in [0.15, 0.2) is 0 Å². The molecular weight excluding hydrogens is 302 g/mol. The lowest BCUT2D eigenvalue weighted by atomic mass is 10.1. The van der Waals surface area contributed by atoms with Crippen LogP contribution in [0.3, 0.4) is 0 Å². The van der Waals surface area contributed by atoms with Gasteiger partial charge in [0.1, 0.15) is 11.7 Å². The predicted molar refractivity (Wildman–Crippen MR) is 85.1 cm³/mol. The highest BCUT2D eigenvalue weighted by molar-refractivity contribution is 7.09. The first-order chi connectivity index (χ1) is 10.5. The number of aliphatic carboxylic acids is 1. The van der Waals surface area contributed by atoms with E-state index in [-0.39, 0.29) is 0 Å². The molecule has 0 spiro atoms. The Kier molecular flexibility index (Phi) is 5.32. The average Bonchev–Trinajstić information content (AvgIpc) is 3.11. The zero-order chi connectivity index (χ0) is 16.1. The van der Waals surface area contributed by atoms with Gasteiger partial charge in [0.05, 0.1) is 10.7 Å². The third-order valence-corrected chi connectivity index (χ3v) is 4.07. The topological polar surface area (TPSA) is 95.1 Å². The van der Waals surface area contributed by atoms with E-state index in [0.717, 1.165) is 29.1 Å². The molecule has 0 fully saturated rings. The van der Waals surface area contributed by atoms with E-state index in [1.165, 1.54) is 11.3 Å². The molecule has 0 aromatic carbocycles. The number of nitrogens with zero attached hydrogens (tertiary/aromatic N) is 1. The maximum atomic E-state index is 12.1. The van der Waals surface area contributed by atoms with Crippen molar-refractivity contribution in [2.45, 2.75) is 39.2 Å². The lowest BCUT2D eigenvalue weighted by molar-refractivity contribution is -0.139. The minimum Gasteiger partial charge on any atom is -0.480 e. The quantitative estimate of drug-likeness (QED) is 0.731. The average molecular weight is 321 g/mol. The number of carbonyl (C=O) groups is 2. The van der Waals surface area contributed by atoms with Gasteiger partial charge >= 0.3 is 5.97 Å². The first-order valence-corrected chi connectivity index (χ1v) is 8.03. The zero-order valence-electron chi connectivity index (χ0n) is 12.5. The van der Waals surface area contributed by atoms with Crippen molar-refractivity contribution < 1.29 is 14.7 Å². The van der Waals surface area contributed by atoms with Crippen LogP contribution in [0.15, 0.2) is 17.6 Å². The summed E-state index contributed by atoms with van der Waals surface area (Å²) in [7, 11) is 0. The summed E-state index contributed by atoms with van der Waals surface area (Å²) in [6, 6.07) is 0.823. The summed E-state index contributed by atoms with van der Waals surface area (Å²) in [4.78, 5) is 30.5. The van der Waals surface area contributed by atoms with E-state index < -0.39 is 17.9 Å². The van der Waals surface area contributed by atoms with Gasteiger partial charge in [0, 0.05) is 17.1 Å². The van der Waals surface area contributed by atoms with Crippen LogP contribution in [0.5, 0.6) is 0 Å². The Balaban J connectivity index is 2.06. The van der Waals surface area contributed by atoms with Gasteiger partial charge < -0.3 is 15.4 Å². The molecule has 0 saturated heterocycles. The number of carbonyl (C=O) groups excluding carboxylic acids is 1. The summed E-state index contributed by atoms with van der Waals surface area (Å²) >= 11 is 1.54. The van der Waals surface area contributed by atoms with Gasteiger partial charge in [0.2, 0.25) is 0 Å². The van der Waals surface area contributed by atoms with Crippen LogP contribution in [-0.2, 0) is 4.79 Å². The fraction of sp³-hybridized carbons (Fsp3) is 0.400. The summed E-state index contributed by atoms with van der Waals surface area (Å²) in [6.45, 7) is 3.90. The summed E-state index contributed by atoms with van der Waals surface area (Å²) < 4.78 is 0. The number of aromatic nitrogens is 2. The van der Waals surface area contributed by atoms with Crippen molar-refractivity contribution in [2.24, 2.45) is 0 Å². The predicted octanol–water partition coefficient (Wildman–Crippen LogP) is 2.82. The standard InChI is InChI=1S/C15H19N3O3S/c1-3-4-5-11(15(20)21)18-14(19)12-6-10(7-16-12)13-8-22-9(2)17-13/h6-8,11,16H,3-5H2,1-2H3,(H,18,19)(H,20,21)/t11-/m0/s1. The molecule has 22 heavy (non-hydrogen) atoms. The van der Waals surface area contributed by atoms with Gasteiger partial charge in [0.25, 0.3) is 5.91 Å². The summed E-state index contributed by atoms with van der Waals surface area (Å²) in [5.74, 6) is -1.43. The van der Waals surface area contributed by atoms with Crippen molar-refractivity contribution >= 4 is 23.2 Å². The number of carboxylic acid groups (broad SMARTS) is 1. The summed E-state index contributed by atoms with van der Waals surface area (Å²) in [5.41, 5.74) is 1.96. The van der Waals surface area contributed by atoms with Crippen molar-refractivity contribution in [3.8, 4) is 11.3 Å². The van der Waals surface area contributed by atoms with Crippen LogP contribution in [0.25, 0.3) is 11.3 Å². The molecule has 6 nitrogen and oxygen atoms in total. The third kappa shape index (κ3) is 3.94. The number of thiazole rings is 1. The Morgan fingerprint density at radius 3 is 2.86 bits per heavy atom. The molecule has 1 atom stereocenters. The zero-order valence-corrected chi connectivity index (χ0v) is 13.4. The highest BCUT2D eigenvalue weighted by Crippen LogP contribution is 2.22. The van der Waals surface area contributed by atoms with Crippen molar-refractivity contribution in [3.63, 3.8) is 0 Å². The molecule has 2 rings (SSSR count). The first kappa shape index (κ1) is 16.2. The van der Waals surface area contributed by atoms with Crippen LogP contribution in [0.1, 0.15) is 41.7 Å². The van der Waals surface area contributed by atoms with E-state index in [1.807, 2.05) is 19.2 Å². The van der Waals surface area contributed by atoms with Gasteiger partial charge in [-0.1, -0.05) is 19.8 Å². The van der Waals surface area contributed by atoms with E-state index in [2.05, 4.69) is 15.3 Å². The highest BCUT2D eigenvalue weighted by Gasteiger charge is 2.21. The van der Waals surface area contributed by atoms with Gasteiger partial charge in [-0.2, -0.15) is 0 Å². The molecule has 2 aromatic heterocycles. The van der Waals surface area contributed by atoms with E-state index in [1.54, 1.807) is 12.3 Å². The SMILES string of the molecule is CCCC[C@H](NC(=O)c1cc(-c2csc(C)n2)c[nH]1)C(=O)O. The fourth-order valence-electron chi connectivity index (χ4n) is 2.07. The molecule has 118 valence electrons. The van der Waals surface area contributed by atoms with Crippen LogP contribution < -0.4 is 5.32 Å². The monoisotopic (exact) mass is 321 g/mol. The number of rotatable bonds is 7. The van der Waals surface area contributed by atoms with Crippen molar-refractivity contribution in [3.05, 3.63) is 28.3 Å². The Labute approximate surface area is 132 Å². The van der Waals surface area contributed by atoms with Gasteiger partial charge in [-0.3, -0.25) is 4.79 Å². The van der Waals surface area contributed by atoms with Crippen LogP contribution in [0.2, 0.25) is 0 Å². The molecule has 2 heterocycles. The number of hydrogen-bond donors (Lipinski definition) is 3. The third-order valence-electron chi connectivity index (χ3n) is 3.29. The summed E-state index contributed by atoms with van der Waals surface area (Å²) in [6.07, 6.45) is 3.77. The maximum absolute atomic E-state index is 12.1. The number of carboxylic acids is 1. The molecule has 2 aromatic rings. The van der Waals surface area contributed by atoms with Gasteiger partial charge in [-0.25, -0.2) is 9.78 Å². The Bertz CT molecular complexity index is 663. The van der Waals surface area contributed by atoms with Crippen LogP contribution in [0.4, 0.5) is 0 Å². The van der Waals surface area contributed by atoms with Gasteiger partial charge in [-0.05, 0) is 19.4 Å². The number of H-pyrrole nitrogens is 1. The number of hydrogen-bond acceptors (Lipinski definition) is 4. The Morgan fingerprint density at radius 1 is 1.50 bits per heavy atom. The van der Waals surface area contributed by atoms with E-state index >= 15 is 0 Å². The fourth-order valence-corrected chi connectivity index (χ4v) is 2.69. The molecule has 0 aliphatic carbocycles. The van der Waals surface area contributed by atoms with Crippen molar-refractivity contribution in [2.75, 3.05) is 0 Å². The number of unbranched alkanes of at least 4 members (excludes halogenated alkanes) is 1. The van der Waals surface area contributed by atoms with Crippen LogP contribution >= 0.6 is 11.3 Å². The smallest absolute Gasteiger partial charge is 0.326 e. The molecule has 0 aliphatic rings. The van der Waals surface area contributed by atoms with Crippen LogP contribution in [-0.4, -0.2) is 33.0 Å². The molecule has 0 unspecified atom stereocenters. The lowest BCUT2D eigenvalue weighted by Gasteiger charge is -2.13. The molecular formula is C15H19N3O3S. The molecule has 1 amide bonds. The van der Waals surface area contributed by atoms with Gasteiger partial charge in [-0.15, -0.1) is 11.3 Å². The maximum Gasteiger partial charge on any atom is 0.326 e. The second-order valence-electron chi connectivity index (χ2n) is 5.06. The van der Waals surface area contributed by atoms with Crippen molar-refractivity contribution in [1.29, 1.82) is 0 Å².